The summed E-state index contributed by atoms with van der Waals surface area (Å²) in [6, 6.07) is -1.01. The summed E-state index contributed by atoms with van der Waals surface area (Å²) in [6.07, 6.45) is 1.63. The van der Waals surface area contributed by atoms with Gasteiger partial charge in [-0.15, -0.1) is 10.2 Å². The minimum absolute atomic E-state index is 0.130. The van der Waals surface area contributed by atoms with E-state index in [2.05, 4.69) is 10.2 Å². The smallest absolute Gasteiger partial charge is 0.250 e. The van der Waals surface area contributed by atoms with Gasteiger partial charge in [-0.2, -0.15) is 0 Å². The molecule has 0 aliphatic carbocycles. The first-order chi connectivity index (χ1) is 10.5. The van der Waals surface area contributed by atoms with Crippen molar-refractivity contribution in [3.05, 3.63) is 12.3 Å². The Balaban J connectivity index is 1.71. The maximum Gasteiger partial charge on any atom is 0.250 e. The van der Waals surface area contributed by atoms with Crippen LogP contribution >= 0.6 is 0 Å². The van der Waals surface area contributed by atoms with Crippen LogP contribution in [0.5, 0.6) is 0 Å². The molecule has 3 rings (SSSR count). The summed E-state index contributed by atoms with van der Waals surface area (Å²) in [4.78, 5) is 28.1. The lowest BCUT2D eigenvalue weighted by molar-refractivity contribution is -0.170. The normalized spacial score (nSPS) is 27.1. The van der Waals surface area contributed by atoms with Crippen LogP contribution in [0.2, 0.25) is 0 Å². The van der Waals surface area contributed by atoms with Crippen LogP contribution in [-0.4, -0.2) is 67.7 Å². The van der Waals surface area contributed by atoms with E-state index in [1.165, 1.54) is 18.2 Å². The number of nitrogens with zero attached hydrogens (tertiary/aromatic N) is 4. The molecular formula is C13H19N5O4. The third-order valence-corrected chi connectivity index (χ3v) is 4.43. The maximum absolute atomic E-state index is 12.6. The average molecular weight is 309 g/mol. The predicted molar refractivity (Wildman–Crippen MR) is 73.0 cm³/mol. The van der Waals surface area contributed by atoms with Crippen molar-refractivity contribution >= 4 is 11.8 Å². The van der Waals surface area contributed by atoms with Crippen molar-refractivity contribution in [2.75, 3.05) is 13.1 Å². The number of aliphatic hydroxyl groups excluding tert-OH is 1. The summed E-state index contributed by atoms with van der Waals surface area (Å²) in [7, 11) is 0. The van der Waals surface area contributed by atoms with Crippen molar-refractivity contribution < 1.29 is 19.1 Å². The number of carbonyl (C=O) groups excluding carboxylic acids is 2. The largest absolute Gasteiger partial charge is 0.426 e. The van der Waals surface area contributed by atoms with Crippen molar-refractivity contribution in [3.63, 3.8) is 0 Å². The second-order valence-corrected chi connectivity index (χ2v) is 5.89. The highest BCUT2D eigenvalue weighted by Gasteiger charge is 2.60. The van der Waals surface area contributed by atoms with Crippen LogP contribution < -0.4 is 5.73 Å². The molecule has 1 aromatic heterocycles. The molecule has 0 saturated carbocycles. The summed E-state index contributed by atoms with van der Waals surface area (Å²) in [5.74, 6) is -0.146. The van der Waals surface area contributed by atoms with Crippen LogP contribution in [0, 0.1) is 0 Å². The van der Waals surface area contributed by atoms with Gasteiger partial charge in [0.15, 0.2) is 0 Å². The van der Waals surface area contributed by atoms with Gasteiger partial charge in [0.05, 0.1) is 19.2 Å². The topological polar surface area (TPSA) is 126 Å². The number of hydrogen-bond donors (Lipinski definition) is 2. The van der Waals surface area contributed by atoms with E-state index in [0.29, 0.717) is 25.4 Å². The molecule has 2 amide bonds. The quantitative estimate of drug-likeness (QED) is 0.647. The van der Waals surface area contributed by atoms with Gasteiger partial charge in [0, 0.05) is 6.54 Å². The van der Waals surface area contributed by atoms with Gasteiger partial charge in [0.1, 0.15) is 11.6 Å². The summed E-state index contributed by atoms with van der Waals surface area (Å²) in [5, 5.41) is 16.8. The number of β-lactam (4-membered cyclic amide) rings is 1. The molecule has 2 saturated heterocycles. The SMILES string of the molecule is CC(O)[C@H](N)C(=O)N1CCCC12CN(Cc1nnco1)C2=O. The van der Waals surface area contributed by atoms with Gasteiger partial charge >= 0.3 is 0 Å². The van der Waals surface area contributed by atoms with E-state index >= 15 is 0 Å². The first-order valence-corrected chi connectivity index (χ1v) is 7.25. The van der Waals surface area contributed by atoms with Crippen LogP contribution in [-0.2, 0) is 16.1 Å². The van der Waals surface area contributed by atoms with Crippen LogP contribution in [0.4, 0.5) is 0 Å². The highest BCUT2D eigenvalue weighted by atomic mass is 16.4. The molecule has 0 radical (unpaired) electrons. The molecule has 3 atom stereocenters. The average Bonchev–Trinajstić information content (AvgIpc) is 3.15. The van der Waals surface area contributed by atoms with Crippen LogP contribution in [0.25, 0.3) is 0 Å². The van der Waals surface area contributed by atoms with E-state index in [4.69, 9.17) is 10.2 Å². The molecule has 22 heavy (non-hydrogen) atoms. The van der Waals surface area contributed by atoms with Crippen molar-refractivity contribution in [1.82, 2.24) is 20.0 Å². The lowest BCUT2D eigenvalue weighted by Gasteiger charge is -2.51. The molecule has 3 N–H and O–H groups in total. The second kappa shape index (κ2) is 5.33. The zero-order valence-electron chi connectivity index (χ0n) is 12.3. The summed E-state index contributed by atoms with van der Waals surface area (Å²) < 4.78 is 5.03. The molecule has 1 spiro atoms. The third kappa shape index (κ3) is 2.17. The maximum atomic E-state index is 12.6. The number of amides is 2. The first-order valence-electron chi connectivity index (χ1n) is 7.25. The summed E-state index contributed by atoms with van der Waals surface area (Å²) in [5.41, 5.74) is 4.91. The lowest BCUT2D eigenvalue weighted by Crippen LogP contribution is -2.73. The number of nitrogens with two attached hydrogens (primary N) is 1. The Hall–Kier alpha value is -2.00. The fraction of sp³-hybridized carbons (Fsp3) is 0.692. The first kappa shape index (κ1) is 14.9. The van der Waals surface area contributed by atoms with E-state index in [-0.39, 0.29) is 18.4 Å². The molecule has 9 heteroatoms. The Kier molecular flexibility index (Phi) is 3.61. The zero-order chi connectivity index (χ0) is 15.9. The van der Waals surface area contributed by atoms with Gasteiger partial charge < -0.3 is 25.1 Å². The molecule has 2 aliphatic rings. The van der Waals surface area contributed by atoms with Crippen LogP contribution in [0.3, 0.4) is 0 Å². The fourth-order valence-corrected chi connectivity index (χ4v) is 3.19. The van der Waals surface area contributed by atoms with E-state index in [1.54, 1.807) is 4.90 Å². The molecule has 3 heterocycles. The van der Waals surface area contributed by atoms with Crippen LogP contribution in [0.15, 0.2) is 10.8 Å². The standard InChI is InChI=1S/C13H19N5O4/c1-8(19)10(14)11(20)18-4-2-3-13(18)6-17(12(13)21)5-9-16-15-7-22-9/h7-8,10,19H,2-6,14H2,1H3/t8?,10-,13?/m0/s1. The van der Waals surface area contributed by atoms with E-state index < -0.39 is 17.7 Å². The van der Waals surface area contributed by atoms with Gasteiger partial charge in [0.25, 0.3) is 5.91 Å². The Bertz CT molecular complexity index is 575. The Morgan fingerprint density at radius 3 is 3.00 bits per heavy atom. The number of aromatic nitrogens is 2. The Labute approximate surface area is 127 Å². The molecule has 0 aromatic carbocycles. The van der Waals surface area contributed by atoms with Gasteiger partial charge in [-0.25, -0.2) is 0 Å². The van der Waals surface area contributed by atoms with Crippen molar-refractivity contribution in [3.8, 4) is 0 Å². The van der Waals surface area contributed by atoms with Crippen molar-refractivity contribution in [2.24, 2.45) is 5.73 Å². The van der Waals surface area contributed by atoms with Gasteiger partial charge in [-0.3, -0.25) is 9.59 Å². The van der Waals surface area contributed by atoms with E-state index in [9.17, 15) is 14.7 Å². The van der Waals surface area contributed by atoms with Crippen molar-refractivity contribution in [2.45, 2.75) is 44.0 Å². The molecule has 2 unspecified atom stereocenters. The third-order valence-electron chi connectivity index (χ3n) is 4.43. The molecule has 120 valence electrons. The number of carbonyl (C=O) groups is 2. The number of rotatable bonds is 4. The summed E-state index contributed by atoms with van der Waals surface area (Å²) >= 11 is 0. The minimum Gasteiger partial charge on any atom is -0.426 e. The molecule has 1 aromatic rings. The number of hydrogen-bond acceptors (Lipinski definition) is 7. The minimum atomic E-state index is -1.01. The number of likely N-dealkylation sites (tertiary alicyclic amines) is 2. The Morgan fingerprint density at radius 2 is 2.41 bits per heavy atom. The molecule has 0 bridgehead atoms. The van der Waals surface area contributed by atoms with Crippen LogP contribution in [0.1, 0.15) is 25.7 Å². The Morgan fingerprint density at radius 1 is 1.64 bits per heavy atom. The van der Waals surface area contributed by atoms with Gasteiger partial charge in [-0.1, -0.05) is 0 Å². The molecule has 2 aliphatic heterocycles. The van der Waals surface area contributed by atoms with Crippen molar-refractivity contribution in [1.29, 1.82) is 0 Å². The van der Waals surface area contributed by atoms with Gasteiger partial charge in [-0.05, 0) is 19.8 Å². The zero-order valence-corrected chi connectivity index (χ0v) is 12.3. The molecular weight excluding hydrogens is 290 g/mol. The highest BCUT2D eigenvalue weighted by Crippen LogP contribution is 2.39. The molecule has 2 fully saturated rings. The number of aliphatic hydroxyl groups is 1. The second-order valence-electron chi connectivity index (χ2n) is 5.89. The summed E-state index contributed by atoms with van der Waals surface area (Å²) in [6.45, 7) is 2.62. The van der Waals surface area contributed by atoms with Gasteiger partial charge in [0.2, 0.25) is 18.2 Å². The lowest BCUT2D eigenvalue weighted by atomic mass is 9.85. The highest BCUT2D eigenvalue weighted by molar-refractivity contribution is 5.98. The molecule has 9 nitrogen and oxygen atoms in total. The van der Waals surface area contributed by atoms with E-state index in [1.807, 2.05) is 0 Å². The monoisotopic (exact) mass is 309 g/mol. The van der Waals surface area contributed by atoms with E-state index in [0.717, 1.165) is 6.42 Å². The predicted octanol–water partition coefficient (Wildman–Crippen LogP) is -1.52. The fourth-order valence-electron chi connectivity index (χ4n) is 3.19.